The molecule has 0 aliphatic heterocycles. The molecule has 1 aliphatic carbocycles. The second kappa shape index (κ2) is 9.96. The summed E-state index contributed by atoms with van der Waals surface area (Å²) >= 11 is 6.12. The molecule has 4 rings (SSSR count). The largest absolute Gasteiger partial charge is 0.493 e. The van der Waals surface area contributed by atoms with Gasteiger partial charge < -0.3 is 19.3 Å². The van der Waals surface area contributed by atoms with Gasteiger partial charge in [0.2, 0.25) is 0 Å². The van der Waals surface area contributed by atoms with E-state index in [1.165, 1.54) is 0 Å². The number of aryl methyl sites for hydroxylation is 1. The molecule has 0 saturated heterocycles. The lowest BCUT2D eigenvalue weighted by Gasteiger charge is -2.13. The van der Waals surface area contributed by atoms with Gasteiger partial charge in [0, 0.05) is 17.5 Å². The molecule has 5 nitrogen and oxygen atoms in total. The molecule has 6 heteroatoms. The molecule has 2 atom stereocenters. The van der Waals surface area contributed by atoms with Crippen LogP contribution in [0.25, 0.3) is 0 Å². The standard InChI is InChI=1S/C26H25ClO5/c1-17-14-20(9-10-21(17)22-16-23(22)26(28)29)30-12-5-13-31-24-11-8-18(27)15-25(24)32-19-6-3-2-4-7-19/h2-4,6-11,14-15,22-23H,5,12-13,16H2,1H3,(H,28,29). The molecule has 3 aromatic rings. The van der Waals surface area contributed by atoms with Gasteiger partial charge in [0.1, 0.15) is 11.5 Å². The SMILES string of the molecule is Cc1cc(OCCCOc2ccc(Cl)cc2Oc2ccccc2)ccc1C1CC1C(=O)O. The number of ether oxygens (including phenoxy) is 3. The van der Waals surface area contributed by atoms with Crippen LogP contribution in [0.15, 0.2) is 66.7 Å². The second-order valence-corrected chi connectivity index (χ2v) is 8.30. The molecular formula is C26H25ClO5. The fraction of sp³-hybridized carbons (Fsp3) is 0.269. The van der Waals surface area contributed by atoms with Gasteiger partial charge in [-0.1, -0.05) is 35.9 Å². The third-order valence-electron chi connectivity index (χ3n) is 5.44. The number of rotatable bonds is 10. The predicted octanol–water partition coefficient (Wildman–Crippen LogP) is 6.48. The van der Waals surface area contributed by atoms with Crippen LogP contribution in [-0.4, -0.2) is 24.3 Å². The zero-order valence-electron chi connectivity index (χ0n) is 17.8. The zero-order chi connectivity index (χ0) is 22.5. The summed E-state index contributed by atoms with van der Waals surface area (Å²) in [5.74, 6) is 1.84. The number of halogens is 1. The number of carboxylic acids is 1. The highest BCUT2D eigenvalue weighted by Crippen LogP contribution is 2.49. The van der Waals surface area contributed by atoms with E-state index in [1.807, 2.05) is 55.5 Å². The first-order chi connectivity index (χ1) is 15.5. The van der Waals surface area contributed by atoms with Gasteiger partial charge >= 0.3 is 5.97 Å². The Morgan fingerprint density at radius 3 is 2.47 bits per heavy atom. The van der Waals surface area contributed by atoms with Crippen molar-refractivity contribution < 1.29 is 24.1 Å². The molecule has 0 bridgehead atoms. The van der Waals surface area contributed by atoms with E-state index in [2.05, 4.69) is 0 Å². The minimum atomic E-state index is -0.715. The van der Waals surface area contributed by atoms with Crippen molar-refractivity contribution in [1.82, 2.24) is 0 Å². The van der Waals surface area contributed by atoms with Crippen molar-refractivity contribution in [1.29, 1.82) is 0 Å². The van der Waals surface area contributed by atoms with E-state index >= 15 is 0 Å². The maximum absolute atomic E-state index is 11.1. The van der Waals surface area contributed by atoms with Gasteiger partial charge in [0.25, 0.3) is 0 Å². The summed E-state index contributed by atoms with van der Waals surface area (Å²) in [4.78, 5) is 11.1. The number of aliphatic carboxylic acids is 1. The molecule has 3 aromatic carbocycles. The third-order valence-corrected chi connectivity index (χ3v) is 5.68. The van der Waals surface area contributed by atoms with Crippen LogP contribution >= 0.6 is 11.6 Å². The van der Waals surface area contributed by atoms with Crippen molar-refractivity contribution in [3.05, 3.63) is 82.9 Å². The lowest BCUT2D eigenvalue weighted by Crippen LogP contribution is -2.06. The van der Waals surface area contributed by atoms with Crippen molar-refractivity contribution in [2.24, 2.45) is 5.92 Å². The Balaban J connectivity index is 1.26. The van der Waals surface area contributed by atoms with E-state index in [-0.39, 0.29) is 11.8 Å². The van der Waals surface area contributed by atoms with Crippen LogP contribution < -0.4 is 14.2 Å². The summed E-state index contributed by atoms with van der Waals surface area (Å²) in [5, 5.41) is 9.71. The smallest absolute Gasteiger partial charge is 0.307 e. The van der Waals surface area contributed by atoms with E-state index < -0.39 is 5.97 Å². The predicted molar refractivity (Wildman–Crippen MR) is 123 cm³/mol. The molecule has 0 spiro atoms. The molecule has 1 saturated carbocycles. The summed E-state index contributed by atoms with van der Waals surface area (Å²) in [6.45, 7) is 2.96. The van der Waals surface area contributed by atoms with Crippen molar-refractivity contribution in [3.63, 3.8) is 0 Å². The Morgan fingerprint density at radius 2 is 1.75 bits per heavy atom. The van der Waals surface area contributed by atoms with Gasteiger partial charge in [-0.2, -0.15) is 0 Å². The van der Waals surface area contributed by atoms with E-state index in [0.29, 0.717) is 48.3 Å². The van der Waals surface area contributed by atoms with Crippen LogP contribution in [0.3, 0.4) is 0 Å². The first-order valence-electron chi connectivity index (χ1n) is 10.6. The molecule has 1 aliphatic rings. The molecule has 0 heterocycles. The van der Waals surface area contributed by atoms with E-state index in [9.17, 15) is 4.79 Å². The molecule has 2 unspecified atom stereocenters. The summed E-state index contributed by atoms with van der Waals surface area (Å²) in [5.41, 5.74) is 2.16. The third kappa shape index (κ3) is 5.54. The van der Waals surface area contributed by atoms with Gasteiger partial charge in [-0.05, 0) is 66.8 Å². The van der Waals surface area contributed by atoms with Gasteiger partial charge in [0.15, 0.2) is 11.5 Å². The van der Waals surface area contributed by atoms with Crippen molar-refractivity contribution in [2.75, 3.05) is 13.2 Å². The Bertz CT molecular complexity index is 1080. The van der Waals surface area contributed by atoms with Gasteiger partial charge in [0.05, 0.1) is 19.1 Å². The van der Waals surface area contributed by atoms with Gasteiger partial charge in [-0.15, -0.1) is 0 Å². The normalized spacial score (nSPS) is 16.9. The molecule has 166 valence electrons. The topological polar surface area (TPSA) is 65.0 Å². The monoisotopic (exact) mass is 452 g/mol. The molecule has 1 N–H and O–H groups in total. The molecule has 0 amide bonds. The second-order valence-electron chi connectivity index (χ2n) is 7.86. The zero-order valence-corrected chi connectivity index (χ0v) is 18.5. The van der Waals surface area contributed by atoms with E-state index in [0.717, 1.165) is 16.9 Å². The number of para-hydroxylation sites is 1. The fourth-order valence-corrected chi connectivity index (χ4v) is 3.86. The quantitative estimate of drug-likeness (QED) is 0.357. The molecule has 0 radical (unpaired) electrons. The Labute approximate surface area is 192 Å². The summed E-state index contributed by atoms with van der Waals surface area (Å²) in [7, 11) is 0. The number of benzene rings is 3. The van der Waals surface area contributed by atoms with Crippen LogP contribution in [0.1, 0.15) is 29.9 Å². The first kappa shape index (κ1) is 22.0. The maximum atomic E-state index is 11.1. The molecule has 0 aromatic heterocycles. The molecule has 32 heavy (non-hydrogen) atoms. The van der Waals surface area contributed by atoms with Crippen molar-refractivity contribution in [2.45, 2.75) is 25.7 Å². The number of carboxylic acid groups (broad SMARTS) is 1. The Hall–Kier alpha value is -3.18. The van der Waals surface area contributed by atoms with Crippen LogP contribution in [0, 0.1) is 12.8 Å². The highest BCUT2D eigenvalue weighted by Gasteiger charge is 2.44. The van der Waals surface area contributed by atoms with Gasteiger partial charge in [-0.3, -0.25) is 4.79 Å². The van der Waals surface area contributed by atoms with Crippen molar-refractivity contribution >= 4 is 17.6 Å². The first-order valence-corrected chi connectivity index (χ1v) is 11.0. The Kier molecular flexibility index (Phi) is 6.86. The highest BCUT2D eigenvalue weighted by molar-refractivity contribution is 6.30. The number of hydrogen-bond acceptors (Lipinski definition) is 4. The maximum Gasteiger partial charge on any atom is 0.307 e. The average Bonchev–Trinajstić information content (AvgIpc) is 3.57. The summed E-state index contributed by atoms with van der Waals surface area (Å²) in [6.07, 6.45) is 1.41. The van der Waals surface area contributed by atoms with Crippen LogP contribution in [0.4, 0.5) is 0 Å². The summed E-state index contributed by atoms with van der Waals surface area (Å²) < 4.78 is 17.7. The minimum Gasteiger partial charge on any atom is -0.493 e. The van der Waals surface area contributed by atoms with Crippen LogP contribution in [-0.2, 0) is 4.79 Å². The minimum absolute atomic E-state index is 0.127. The van der Waals surface area contributed by atoms with E-state index in [1.54, 1.807) is 18.2 Å². The molecular weight excluding hydrogens is 428 g/mol. The number of hydrogen-bond donors (Lipinski definition) is 1. The Morgan fingerprint density at radius 1 is 0.969 bits per heavy atom. The van der Waals surface area contributed by atoms with Crippen molar-refractivity contribution in [3.8, 4) is 23.0 Å². The lowest BCUT2D eigenvalue weighted by atomic mass is 10.0. The number of carbonyl (C=O) groups is 1. The summed E-state index contributed by atoms with van der Waals surface area (Å²) in [6, 6.07) is 20.6. The van der Waals surface area contributed by atoms with Crippen LogP contribution in [0.5, 0.6) is 23.0 Å². The lowest BCUT2D eigenvalue weighted by molar-refractivity contribution is -0.138. The van der Waals surface area contributed by atoms with E-state index in [4.69, 9.17) is 30.9 Å². The van der Waals surface area contributed by atoms with Gasteiger partial charge in [-0.25, -0.2) is 0 Å². The van der Waals surface area contributed by atoms with Crippen LogP contribution in [0.2, 0.25) is 5.02 Å². The fourth-order valence-electron chi connectivity index (χ4n) is 3.69. The average molecular weight is 453 g/mol. The highest BCUT2D eigenvalue weighted by atomic mass is 35.5. The molecule has 1 fully saturated rings.